The first-order chi connectivity index (χ1) is 6.25. The second-order valence-electron chi connectivity index (χ2n) is 2.59. The van der Waals surface area contributed by atoms with Gasteiger partial charge in [0.25, 0.3) is 5.91 Å². The van der Waals surface area contributed by atoms with E-state index in [1.807, 2.05) is 6.92 Å². The first kappa shape index (κ1) is 9.99. The van der Waals surface area contributed by atoms with E-state index in [9.17, 15) is 4.79 Å². The van der Waals surface area contributed by atoms with E-state index in [0.29, 0.717) is 11.6 Å². The lowest BCUT2D eigenvalue weighted by molar-refractivity contribution is 0.0949. The highest BCUT2D eigenvalue weighted by atomic mass is 35.5. The molecular weight excluding hydrogens is 188 g/mol. The molecule has 4 heteroatoms. The Bertz CT molecular complexity index is 301. The molecule has 1 rings (SSSR count). The molecule has 0 saturated heterocycles. The van der Waals surface area contributed by atoms with Gasteiger partial charge in [-0.1, -0.05) is 18.5 Å². The Morgan fingerprint density at radius 3 is 3.08 bits per heavy atom. The lowest BCUT2D eigenvalue weighted by Gasteiger charge is -2.03. The number of amides is 1. The quantitative estimate of drug-likeness (QED) is 0.806. The molecule has 0 atom stereocenters. The van der Waals surface area contributed by atoms with Crippen molar-refractivity contribution in [2.24, 2.45) is 0 Å². The second kappa shape index (κ2) is 4.82. The van der Waals surface area contributed by atoms with Crippen molar-refractivity contribution in [3.05, 3.63) is 29.0 Å². The van der Waals surface area contributed by atoms with Gasteiger partial charge in [-0.2, -0.15) is 0 Å². The summed E-state index contributed by atoms with van der Waals surface area (Å²) in [6.07, 6.45) is 2.45. The van der Waals surface area contributed by atoms with Gasteiger partial charge in [0.2, 0.25) is 0 Å². The average Bonchev–Trinajstić information content (AvgIpc) is 2.15. The third-order valence-corrected chi connectivity index (χ3v) is 1.81. The number of halogens is 1. The minimum Gasteiger partial charge on any atom is -0.351 e. The van der Waals surface area contributed by atoms with Gasteiger partial charge in [-0.3, -0.25) is 4.79 Å². The molecule has 1 heterocycles. The van der Waals surface area contributed by atoms with Crippen molar-refractivity contribution in [2.75, 3.05) is 6.54 Å². The number of hydrogen-bond acceptors (Lipinski definition) is 2. The zero-order valence-corrected chi connectivity index (χ0v) is 8.14. The molecule has 0 fully saturated rings. The molecular formula is C9H11ClN2O. The Balaban J connectivity index is 2.71. The summed E-state index contributed by atoms with van der Waals surface area (Å²) in [6.45, 7) is 2.63. The van der Waals surface area contributed by atoms with Crippen molar-refractivity contribution in [1.82, 2.24) is 10.3 Å². The Morgan fingerprint density at radius 1 is 1.69 bits per heavy atom. The molecule has 0 saturated carbocycles. The number of aromatic nitrogens is 1. The highest BCUT2D eigenvalue weighted by Crippen LogP contribution is 2.11. The van der Waals surface area contributed by atoms with Crippen LogP contribution in [-0.4, -0.2) is 17.4 Å². The van der Waals surface area contributed by atoms with Gasteiger partial charge in [0.15, 0.2) is 0 Å². The van der Waals surface area contributed by atoms with E-state index >= 15 is 0 Å². The normalized spacial score (nSPS) is 9.69. The monoisotopic (exact) mass is 198 g/mol. The zero-order chi connectivity index (χ0) is 9.68. The number of pyridine rings is 1. The molecule has 1 amide bonds. The fourth-order valence-electron chi connectivity index (χ4n) is 0.875. The maximum atomic E-state index is 11.4. The van der Waals surface area contributed by atoms with Crippen LogP contribution in [0.4, 0.5) is 0 Å². The van der Waals surface area contributed by atoms with Gasteiger partial charge in [0.1, 0.15) is 5.69 Å². The molecule has 1 aromatic rings. The second-order valence-corrected chi connectivity index (χ2v) is 3.00. The number of carbonyl (C=O) groups excluding carboxylic acids is 1. The maximum Gasteiger partial charge on any atom is 0.271 e. The molecule has 13 heavy (non-hydrogen) atoms. The summed E-state index contributed by atoms with van der Waals surface area (Å²) in [5.74, 6) is -0.215. The van der Waals surface area contributed by atoms with E-state index in [0.717, 1.165) is 6.42 Å². The molecule has 3 nitrogen and oxygen atoms in total. The summed E-state index contributed by atoms with van der Waals surface area (Å²) in [7, 11) is 0. The average molecular weight is 199 g/mol. The smallest absolute Gasteiger partial charge is 0.271 e. The minimum absolute atomic E-state index is 0.215. The van der Waals surface area contributed by atoms with Crippen molar-refractivity contribution >= 4 is 17.5 Å². The Kier molecular flexibility index (Phi) is 3.71. The molecule has 0 unspecified atom stereocenters. The first-order valence-electron chi connectivity index (χ1n) is 4.14. The molecule has 0 bridgehead atoms. The minimum atomic E-state index is -0.215. The van der Waals surface area contributed by atoms with Crippen LogP contribution in [0.25, 0.3) is 0 Å². The van der Waals surface area contributed by atoms with E-state index in [4.69, 9.17) is 11.6 Å². The van der Waals surface area contributed by atoms with Crippen LogP contribution in [0.1, 0.15) is 23.8 Å². The predicted octanol–water partition coefficient (Wildman–Crippen LogP) is 1.87. The zero-order valence-electron chi connectivity index (χ0n) is 7.38. The predicted molar refractivity (Wildman–Crippen MR) is 51.9 cm³/mol. The molecule has 1 aromatic heterocycles. The standard InChI is InChI=1S/C9H11ClN2O/c1-2-5-12-9(13)8-7(10)4-3-6-11-8/h3-4,6H,2,5H2,1H3,(H,12,13). The largest absolute Gasteiger partial charge is 0.351 e. The van der Waals surface area contributed by atoms with Crippen molar-refractivity contribution in [3.8, 4) is 0 Å². The van der Waals surface area contributed by atoms with Crippen LogP contribution in [0.5, 0.6) is 0 Å². The van der Waals surface area contributed by atoms with Crippen LogP contribution in [0.3, 0.4) is 0 Å². The van der Waals surface area contributed by atoms with Crippen molar-refractivity contribution in [1.29, 1.82) is 0 Å². The summed E-state index contributed by atoms with van der Waals surface area (Å²) in [4.78, 5) is 15.3. The van der Waals surface area contributed by atoms with Gasteiger partial charge >= 0.3 is 0 Å². The maximum absolute atomic E-state index is 11.4. The topological polar surface area (TPSA) is 42.0 Å². The molecule has 70 valence electrons. The molecule has 0 spiro atoms. The van der Waals surface area contributed by atoms with Crippen LogP contribution in [0.15, 0.2) is 18.3 Å². The van der Waals surface area contributed by atoms with Crippen molar-refractivity contribution < 1.29 is 4.79 Å². The van der Waals surface area contributed by atoms with Crippen LogP contribution < -0.4 is 5.32 Å². The van der Waals surface area contributed by atoms with Crippen LogP contribution in [0, 0.1) is 0 Å². The molecule has 0 aliphatic rings. The molecule has 0 aliphatic carbocycles. The Hall–Kier alpha value is -1.09. The van der Waals surface area contributed by atoms with Crippen LogP contribution in [0.2, 0.25) is 5.02 Å². The third kappa shape index (κ3) is 2.70. The number of nitrogens with one attached hydrogen (secondary N) is 1. The molecule has 0 aliphatic heterocycles. The third-order valence-electron chi connectivity index (χ3n) is 1.51. The van der Waals surface area contributed by atoms with Crippen LogP contribution in [-0.2, 0) is 0 Å². The van der Waals surface area contributed by atoms with E-state index in [-0.39, 0.29) is 11.6 Å². The van der Waals surface area contributed by atoms with Crippen molar-refractivity contribution in [2.45, 2.75) is 13.3 Å². The van der Waals surface area contributed by atoms with E-state index < -0.39 is 0 Å². The first-order valence-corrected chi connectivity index (χ1v) is 4.52. The number of hydrogen-bond donors (Lipinski definition) is 1. The molecule has 1 N–H and O–H groups in total. The van der Waals surface area contributed by atoms with E-state index in [1.165, 1.54) is 0 Å². The highest BCUT2D eigenvalue weighted by Gasteiger charge is 2.09. The van der Waals surface area contributed by atoms with Crippen molar-refractivity contribution in [3.63, 3.8) is 0 Å². The van der Waals surface area contributed by atoms with Gasteiger partial charge < -0.3 is 5.32 Å². The van der Waals surface area contributed by atoms with Gasteiger partial charge in [-0.05, 0) is 18.6 Å². The number of carbonyl (C=O) groups is 1. The summed E-state index contributed by atoms with van der Waals surface area (Å²) in [5.41, 5.74) is 0.289. The van der Waals surface area contributed by atoms with E-state index in [1.54, 1.807) is 18.3 Å². The Labute approximate surface area is 82.1 Å². The fourth-order valence-corrected chi connectivity index (χ4v) is 1.08. The lowest BCUT2D eigenvalue weighted by Crippen LogP contribution is -2.25. The van der Waals surface area contributed by atoms with Crippen LogP contribution >= 0.6 is 11.6 Å². The summed E-state index contributed by atoms with van der Waals surface area (Å²) in [6, 6.07) is 3.34. The number of nitrogens with zero attached hydrogens (tertiary/aromatic N) is 1. The van der Waals surface area contributed by atoms with Gasteiger partial charge in [-0.25, -0.2) is 4.98 Å². The summed E-state index contributed by atoms with van der Waals surface area (Å²) < 4.78 is 0. The SMILES string of the molecule is CCCNC(=O)c1ncccc1Cl. The Morgan fingerprint density at radius 2 is 2.46 bits per heavy atom. The molecule has 0 radical (unpaired) electrons. The van der Waals surface area contributed by atoms with E-state index in [2.05, 4.69) is 10.3 Å². The van der Waals surface area contributed by atoms with Gasteiger partial charge in [0, 0.05) is 12.7 Å². The molecule has 0 aromatic carbocycles. The number of rotatable bonds is 3. The summed E-state index contributed by atoms with van der Waals surface area (Å²) in [5, 5.41) is 3.09. The highest BCUT2D eigenvalue weighted by molar-refractivity contribution is 6.33. The lowest BCUT2D eigenvalue weighted by atomic mass is 10.3. The van der Waals surface area contributed by atoms with Gasteiger partial charge in [-0.15, -0.1) is 0 Å². The van der Waals surface area contributed by atoms with Gasteiger partial charge in [0.05, 0.1) is 5.02 Å². The summed E-state index contributed by atoms with van der Waals surface area (Å²) >= 11 is 5.77. The fraction of sp³-hybridized carbons (Fsp3) is 0.333.